The zero-order valence-electron chi connectivity index (χ0n) is 12.9. The van der Waals surface area contributed by atoms with Crippen LogP contribution in [0.2, 0.25) is 0 Å². The van der Waals surface area contributed by atoms with Crippen LogP contribution in [0.25, 0.3) is 0 Å². The highest BCUT2D eigenvalue weighted by Crippen LogP contribution is 2.25. The lowest BCUT2D eigenvalue weighted by atomic mass is 9.85. The summed E-state index contributed by atoms with van der Waals surface area (Å²) in [4.78, 5) is 8.36. The second-order valence-corrected chi connectivity index (χ2v) is 6.00. The Labute approximate surface area is 121 Å². The molecule has 0 spiro atoms. The predicted molar refractivity (Wildman–Crippen MR) is 83.8 cm³/mol. The van der Waals surface area contributed by atoms with Gasteiger partial charge in [-0.1, -0.05) is 27.7 Å². The van der Waals surface area contributed by atoms with Gasteiger partial charge >= 0.3 is 0 Å². The standard InChI is InChI=1S/C14H27N5O/c1-5-7-16-11-9-12(19-13(15)18-11)17-10(6-8-20)14(2,3)4/h9-10,20H,5-8H2,1-4H3,(H4,15,16,17,18,19). The molecule has 0 aliphatic carbocycles. The Balaban J connectivity index is 2.86. The molecule has 1 atom stereocenters. The average Bonchev–Trinajstić information content (AvgIpc) is 2.34. The number of nitrogens with zero attached hydrogens (tertiary/aromatic N) is 2. The Morgan fingerprint density at radius 1 is 1.30 bits per heavy atom. The summed E-state index contributed by atoms with van der Waals surface area (Å²) in [5, 5.41) is 15.7. The fourth-order valence-corrected chi connectivity index (χ4v) is 1.91. The molecule has 0 radical (unpaired) electrons. The first-order chi connectivity index (χ1) is 9.36. The van der Waals surface area contributed by atoms with E-state index in [-0.39, 0.29) is 24.0 Å². The van der Waals surface area contributed by atoms with E-state index < -0.39 is 0 Å². The molecule has 0 saturated heterocycles. The summed E-state index contributed by atoms with van der Waals surface area (Å²) in [6, 6.07) is 1.96. The van der Waals surface area contributed by atoms with Gasteiger partial charge in [0, 0.05) is 25.3 Å². The van der Waals surface area contributed by atoms with E-state index in [0.717, 1.165) is 18.8 Å². The maximum absolute atomic E-state index is 9.19. The van der Waals surface area contributed by atoms with Crippen molar-refractivity contribution in [2.75, 3.05) is 29.5 Å². The van der Waals surface area contributed by atoms with Gasteiger partial charge in [-0.3, -0.25) is 0 Å². The van der Waals surface area contributed by atoms with Crippen molar-refractivity contribution >= 4 is 17.6 Å². The van der Waals surface area contributed by atoms with Gasteiger partial charge in [0.2, 0.25) is 5.95 Å². The maximum Gasteiger partial charge on any atom is 0.223 e. The normalized spacial score (nSPS) is 13.1. The number of anilines is 3. The maximum atomic E-state index is 9.19. The highest BCUT2D eigenvalue weighted by Gasteiger charge is 2.24. The van der Waals surface area contributed by atoms with Crippen LogP contribution < -0.4 is 16.4 Å². The number of nitrogens with one attached hydrogen (secondary N) is 2. The Kier molecular flexibility index (Phi) is 6.01. The van der Waals surface area contributed by atoms with Crippen molar-refractivity contribution in [2.45, 2.75) is 46.6 Å². The Bertz CT molecular complexity index is 417. The average molecular weight is 281 g/mol. The van der Waals surface area contributed by atoms with Gasteiger partial charge in [0.15, 0.2) is 0 Å². The third kappa shape index (κ3) is 5.21. The molecule has 0 aromatic carbocycles. The molecule has 6 heteroatoms. The van der Waals surface area contributed by atoms with E-state index >= 15 is 0 Å². The number of hydrogen-bond acceptors (Lipinski definition) is 6. The minimum atomic E-state index is 0.0133. The van der Waals surface area contributed by atoms with Crippen LogP contribution in [-0.2, 0) is 0 Å². The van der Waals surface area contributed by atoms with Gasteiger partial charge in [-0.05, 0) is 18.3 Å². The molecule has 1 rings (SSSR count). The van der Waals surface area contributed by atoms with Crippen LogP contribution in [-0.4, -0.2) is 34.3 Å². The first-order valence-corrected chi connectivity index (χ1v) is 7.12. The number of aromatic nitrogens is 2. The van der Waals surface area contributed by atoms with E-state index in [2.05, 4.69) is 48.3 Å². The first-order valence-electron chi connectivity index (χ1n) is 7.12. The number of nitrogens with two attached hydrogens (primary N) is 1. The number of hydrogen-bond donors (Lipinski definition) is 4. The Morgan fingerprint density at radius 2 is 1.95 bits per heavy atom. The molecule has 0 saturated carbocycles. The fraction of sp³-hybridized carbons (Fsp3) is 0.714. The molecule has 0 amide bonds. The highest BCUT2D eigenvalue weighted by atomic mass is 16.3. The summed E-state index contributed by atoms with van der Waals surface area (Å²) in [5.74, 6) is 1.65. The molecule has 20 heavy (non-hydrogen) atoms. The lowest BCUT2D eigenvalue weighted by molar-refractivity contribution is 0.235. The minimum Gasteiger partial charge on any atom is -0.396 e. The topological polar surface area (TPSA) is 96.1 Å². The van der Waals surface area contributed by atoms with Gasteiger partial charge in [-0.2, -0.15) is 9.97 Å². The molecular weight excluding hydrogens is 254 g/mol. The van der Waals surface area contributed by atoms with Gasteiger partial charge in [0.25, 0.3) is 0 Å². The molecule has 114 valence electrons. The predicted octanol–water partition coefficient (Wildman–Crippen LogP) is 2.09. The quantitative estimate of drug-likeness (QED) is 0.611. The molecule has 0 fully saturated rings. The van der Waals surface area contributed by atoms with E-state index in [4.69, 9.17) is 5.73 Å². The largest absolute Gasteiger partial charge is 0.396 e. The van der Waals surface area contributed by atoms with Crippen molar-refractivity contribution in [1.82, 2.24) is 9.97 Å². The molecule has 0 bridgehead atoms. The molecule has 0 aliphatic rings. The van der Waals surface area contributed by atoms with Crippen LogP contribution in [0, 0.1) is 5.41 Å². The second kappa shape index (κ2) is 7.28. The van der Waals surface area contributed by atoms with Gasteiger partial charge in [0.05, 0.1) is 0 Å². The van der Waals surface area contributed by atoms with Crippen LogP contribution in [0.5, 0.6) is 0 Å². The molecule has 0 aliphatic heterocycles. The molecule has 1 aromatic heterocycles. The molecule has 1 aromatic rings. The summed E-state index contributed by atoms with van der Waals surface area (Å²) in [6.07, 6.45) is 1.67. The smallest absolute Gasteiger partial charge is 0.223 e. The van der Waals surface area contributed by atoms with Crippen molar-refractivity contribution < 1.29 is 5.11 Å². The van der Waals surface area contributed by atoms with Crippen molar-refractivity contribution in [1.29, 1.82) is 0 Å². The Morgan fingerprint density at radius 3 is 2.50 bits per heavy atom. The molecule has 1 unspecified atom stereocenters. The lowest BCUT2D eigenvalue weighted by Gasteiger charge is -2.31. The van der Waals surface area contributed by atoms with Crippen LogP contribution in [0.4, 0.5) is 17.6 Å². The van der Waals surface area contributed by atoms with Crippen LogP contribution >= 0.6 is 0 Å². The van der Waals surface area contributed by atoms with E-state index in [0.29, 0.717) is 12.2 Å². The fourth-order valence-electron chi connectivity index (χ4n) is 1.91. The summed E-state index contributed by atoms with van der Waals surface area (Å²) in [5.41, 5.74) is 5.75. The van der Waals surface area contributed by atoms with Gasteiger partial charge in [-0.15, -0.1) is 0 Å². The molecule has 1 heterocycles. The number of nitrogen functional groups attached to an aromatic ring is 1. The third-order valence-corrected chi connectivity index (χ3v) is 3.08. The highest BCUT2D eigenvalue weighted by molar-refractivity contribution is 5.51. The summed E-state index contributed by atoms with van der Waals surface area (Å²) < 4.78 is 0. The summed E-state index contributed by atoms with van der Waals surface area (Å²) in [6.45, 7) is 9.45. The van der Waals surface area contributed by atoms with Crippen molar-refractivity contribution in [3.8, 4) is 0 Å². The van der Waals surface area contributed by atoms with Crippen LogP contribution in [0.1, 0.15) is 40.5 Å². The number of rotatable bonds is 7. The van der Waals surface area contributed by atoms with E-state index in [1.165, 1.54) is 0 Å². The Hall–Kier alpha value is -1.56. The zero-order chi connectivity index (χ0) is 15.2. The number of aliphatic hydroxyl groups excluding tert-OH is 1. The van der Waals surface area contributed by atoms with Crippen molar-refractivity contribution in [3.05, 3.63) is 6.07 Å². The first kappa shape index (κ1) is 16.5. The SMILES string of the molecule is CCCNc1cc(NC(CCO)C(C)(C)C)nc(N)n1. The third-order valence-electron chi connectivity index (χ3n) is 3.08. The monoisotopic (exact) mass is 281 g/mol. The van der Waals surface area contributed by atoms with Gasteiger partial charge < -0.3 is 21.5 Å². The van der Waals surface area contributed by atoms with Crippen molar-refractivity contribution in [2.24, 2.45) is 5.41 Å². The molecule has 5 N–H and O–H groups in total. The van der Waals surface area contributed by atoms with E-state index in [1.807, 2.05) is 6.07 Å². The molecular formula is C14H27N5O. The van der Waals surface area contributed by atoms with Gasteiger partial charge in [0.1, 0.15) is 11.6 Å². The second-order valence-electron chi connectivity index (χ2n) is 6.00. The minimum absolute atomic E-state index is 0.0133. The van der Waals surface area contributed by atoms with Crippen molar-refractivity contribution in [3.63, 3.8) is 0 Å². The number of aliphatic hydroxyl groups is 1. The molecule has 6 nitrogen and oxygen atoms in total. The van der Waals surface area contributed by atoms with Crippen LogP contribution in [0.3, 0.4) is 0 Å². The zero-order valence-corrected chi connectivity index (χ0v) is 12.9. The summed E-state index contributed by atoms with van der Waals surface area (Å²) >= 11 is 0. The van der Waals surface area contributed by atoms with Crippen LogP contribution in [0.15, 0.2) is 6.07 Å². The summed E-state index contributed by atoms with van der Waals surface area (Å²) in [7, 11) is 0. The van der Waals surface area contributed by atoms with E-state index in [1.54, 1.807) is 0 Å². The van der Waals surface area contributed by atoms with Gasteiger partial charge in [-0.25, -0.2) is 0 Å². The van der Waals surface area contributed by atoms with E-state index in [9.17, 15) is 5.11 Å². The lowest BCUT2D eigenvalue weighted by Crippen LogP contribution is -2.35.